The molecule has 0 aliphatic rings. The molecule has 7 heteroatoms. The number of pyridine rings is 1. The van der Waals surface area contributed by atoms with Gasteiger partial charge in [-0.15, -0.1) is 10.2 Å². The van der Waals surface area contributed by atoms with Crippen molar-refractivity contribution in [2.24, 2.45) is 0 Å². The number of amides is 1. The number of nitrogens with zero attached hydrogens (tertiary/aromatic N) is 3. The number of hydrogen-bond acceptors (Lipinski definition) is 6. The van der Waals surface area contributed by atoms with E-state index in [0.29, 0.717) is 23.1 Å². The van der Waals surface area contributed by atoms with E-state index in [1.165, 1.54) is 0 Å². The summed E-state index contributed by atoms with van der Waals surface area (Å²) in [5.74, 6) is 1.17. The minimum atomic E-state index is -0.228. The molecule has 116 valence electrons. The third-order valence-electron chi connectivity index (χ3n) is 3.13. The van der Waals surface area contributed by atoms with Gasteiger partial charge >= 0.3 is 0 Å². The second kappa shape index (κ2) is 6.69. The first-order valence-electron chi connectivity index (χ1n) is 6.91. The summed E-state index contributed by atoms with van der Waals surface area (Å²) >= 11 is 0. The molecule has 23 heavy (non-hydrogen) atoms. The van der Waals surface area contributed by atoms with Crippen LogP contribution in [0.3, 0.4) is 0 Å². The number of carbonyl (C=O) groups excluding carboxylic acids is 1. The van der Waals surface area contributed by atoms with E-state index in [-0.39, 0.29) is 12.5 Å². The lowest BCUT2D eigenvalue weighted by Crippen LogP contribution is -2.22. The Morgan fingerprint density at radius 3 is 2.83 bits per heavy atom. The lowest BCUT2D eigenvalue weighted by atomic mass is 10.2. The lowest BCUT2D eigenvalue weighted by molar-refractivity contribution is 0.0947. The maximum atomic E-state index is 11.9. The van der Waals surface area contributed by atoms with Crippen LogP contribution in [-0.2, 0) is 6.54 Å². The Bertz CT molecular complexity index is 802. The van der Waals surface area contributed by atoms with Crippen LogP contribution in [0.25, 0.3) is 11.5 Å². The van der Waals surface area contributed by atoms with Crippen LogP contribution in [0.1, 0.15) is 16.2 Å². The van der Waals surface area contributed by atoms with Gasteiger partial charge in [0.05, 0.1) is 13.7 Å². The molecule has 0 atom stereocenters. The predicted molar refractivity (Wildman–Crippen MR) is 81.7 cm³/mol. The molecule has 0 aliphatic heterocycles. The van der Waals surface area contributed by atoms with E-state index < -0.39 is 0 Å². The van der Waals surface area contributed by atoms with Gasteiger partial charge in [-0.2, -0.15) is 0 Å². The normalized spacial score (nSPS) is 10.3. The average molecular weight is 310 g/mol. The van der Waals surface area contributed by atoms with Gasteiger partial charge in [0, 0.05) is 23.5 Å². The summed E-state index contributed by atoms with van der Waals surface area (Å²) in [5.41, 5.74) is 1.27. The molecule has 0 saturated heterocycles. The van der Waals surface area contributed by atoms with Gasteiger partial charge in [-0.25, -0.2) is 0 Å². The summed E-state index contributed by atoms with van der Waals surface area (Å²) in [6.07, 6.45) is 3.12. The molecule has 0 spiro atoms. The molecule has 2 heterocycles. The molecule has 7 nitrogen and oxygen atoms in total. The monoisotopic (exact) mass is 310 g/mol. The summed E-state index contributed by atoms with van der Waals surface area (Å²) in [7, 11) is 1.59. The highest BCUT2D eigenvalue weighted by Gasteiger charge is 2.11. The second-order valence-corrected chi connectivity index (χ2v) is 4.65. The van der Waals surface area contributed by atoms with Gasteiger partial charge in [-0.05, 0) is 30.3 Å². The standard InChI is InChI=1S/C16H14N4O3/c1-22-13-4-2-3-12(9-13)16-20-19-14(23-16)10-18-15(21)11-5-7-17-8-6-11/h2-9H,10H2,1H3,(H,18,21). The zero-order valence-corrected chi connectivity index (χ0v) is 12.4. The summed E-state index contributed by atoms with van der Waals surface area (Å²) in [4.78, 5) is 15.8. The molecule has 1 N–H and O–H groups in total. The van der Waals surface area contributed by atoms with Gasteiger partial charge in [-0.3, -0.25) is 9.78 Å². The first-order valence-corrected chi connectivity index (χ1v) is 6.91. The van der Waals surface area contributed by atoms with Crippen molar-refractivity contribution in [2.45, 2.75) is 6.54 Å². The molecule has 2 aromatic heterocycles. The van der Waals surface area contributed by atoms with E-state index in [1.807, 2.05) is 18.2 Å². The largest absolute Gasteiger partial charge is 0.497 e. The van der Waals surface area contributed by atoms with Crippen molar-refractivity contribution in [1.29, 1.82) is 0 Å². The highest BCUT2D eigenvalue weighted by atomic mass is 16.5. The molecule has 1 amide bonds. The van der Waals surface area contributed by atoms with Crippen molar-refractivity contribution < 1.29 is 13.9 Å². The molecule has 0 unspecified atom stereocenters. The number of hydrogen-bond donors (Lipinski definition) is 1. The van der Waals surface area contributed by atoms with Crippen molar-refractivity contribution in [3.05, 3.63) is 60.2 Å². The zero-order chi connectivity index (χ0) is 16.1. The number of carbonyl (C=O) groups is 1. The first kappa shape index (κ1) is 14.7. The molecule has 1 aromatic carbocycles. The third kappa shape index (κ3) is 3.52. The summed E-state index contributed by atoms with van der Waals surface area (Å²) in [5, 5.41) is 10.6. The smallest absolute Gasteiger partial charge is 0.251 e. The Hall–Kier alpha value is -3.22. The maximum absolute atomic E-state index is 11.9. The number of ether oxygens (including phenoxy) is 1. The highest BCUT2D eigenvalue weighted by Crippen LogP contribution is 2.22. The quantitative estimate of drug-likeness (QED) is 0.776. The van der Waals surface area contributed by atoms with E-state index in [9.17, 15) is 4.79 Å². The van der Waals surface area contributed by atoms with Crippen LogP contribution in [0, 0.1) is 0 Å². The third-order valence-corrected chi connectivity index (χ3v) is 3.13. The van der Waals surface area contributed by atoms with E-state index in [4.69, 9.17) is 9.15 Å². The van der Waals surface area contributed by atoms with E-state index in [0.717, 1.165) is 5.56 Å². The summed E-state index contributed by atoms with van der Waals surface area (Å²) in [6.45, 7) is 0.151. The Labute approximate surface area is 132 Å². The van der Waals surface area contributed by atoms with Gasteiger partial charge in [-0.1, -0.05) is 6.07 Å². The molecular formula is C16H14N4O3. The predicted octanol–water partition coefficient (Wildman–Crippen LogP) is 2.07. The van der Waals surface area contributed by atoms with Crippen LogP contribution in [0.4, 0.5) is 0 Å². The van der Waals surface area contributed by atoms with Gasteiger partial charge in [0.15, 0.2) is 0 Å². The van der Waals surface area contributed by atoms with E-state index in [1.54, 1.807) is 37.7 Å². The molecule has 0 bridgehead atoms. The van der Waals surface area contributed by atoms with Crippen LogP contribution < -0.4 is 10.1 Å². The van der Waals surface area contributed by atoms with Gasteiger partial charge < -0.3 is 14.5 Å². The number of aromatic nitrogens is 3. The Balaban J connectivity index is 1.66. The Morgan fingerprint density at radius 2 is 2.04 bits per heavy atom. The Morgan fingerprint density at radius 1 is 1.22 bits per heavy atom. The van der Waals surface area contributed by atoms with Crippen molar-refractivity contribution in [1.82, 2.24) is 20.5 Å². The fourth-order valence-corrected chi connectivity index (χ4v) is 1.96. The molecule has 0 aliphatic carbocycles. The summed E-state index contributed by atoms with van der Waals surface area (Å²) < 4.78 is 10.7. The van der Waals surface area contributed by atoms with Crippen LogP contribution in [-0.4, -0.2) is 28.2 Å². The van der Waals surface area contributed by atoms with E-state index >= 15 is 0 Å². The average Bonchev–Trinajstić information content (AvgIpc) is 3.09. The van der Waals surface area contributed by atoms with Gasteiger partial charge in [0.2, 0.25) is 11.8 Å². The zero-order valence-electron chi connectivity index (χ0n) is 12.4. The molecule has 0 radical (unpaired) electrons. The van der Waals surface area contributed by atoms with Crippen LogP contribution >= 0.6 is 0 Å². The van der Waals surface area contributed by atoms with Crippen LogP contribution in [0.5, 0.6) is 5.75 Å². The van der Waals surface area contributed by atoms with E-state index in [2.05, 4.69) is 20.5 Å². The maximum Gasteiger partial charge on any atom is 0.251 e. The fraction of sp³-hybridized carbons (Fsp3) is 0.125. The van der Waals surface area contributed by atoms with Crippen molar-refractivity contribution >= 4 is 5.91 Å². The van der Waals surface area contributed by atoms with Gasteiger partial charge in [0.25, 0.3) is 5.91 Å². The minimum Gasteiger partial charge on any atom is -0.497 e. The minimum absolute atomic E-state index is 0.151. The number of benzene rings is 1. The molecular weight excluding hydrogens is 296 g/mol. The fourth-order valence-electron chi connectivity index (χ4n) is 1.96. The molecule has 0 fully saturated rings. The highest BCUT2D eigenvalue weighted by molar-refractivity contribution is 5.93. The number of rotatable bonds is 5. The van der Waals surface area contributed by atoms with Crippen molar-refractivity contribution in [3.8, 4) is 17.2 Å². The van der Waals surface area contributed by atoms with Crippen LogP contribution in [0.2, 0.25) is 0 Å². The molecule has 3 rings (SSSR count). The van der Waals surface area contributed by atoms with Crippen LogP contribution in [0.15, 0.2) is 53.2 Å². The number of nitrogens with one attached hydrogen (secondary N) is 1. The van der Waals surface area contributed by atoms with Crippen molar-refractivity contribution in [2.75, 3.05) is 7.11 Å². The topological polar surface area (TPSA) is 90.1 Å². The lowest BCUT2D eigenvalue weighted by Gasteiger charge is -2.02. The second-order valence-electron chi connectivity index (χ2n) is 4.65. The Kier molecular flexibility index (Phi) is 4.28. The SMILES string of the molecule is COc1cccc(-c2nnc(CNC(=O)c3ccncc3)o2)c1. The first-order chi connectivity index (χ1) is 11.3. The molecule has 0 saturated carbocycles. The van der Waals surface area contributed by atoms with Crippen molar-refractivity contribution in [3.63, 3.8) is 0 Å². The van der Waals surface area contributed by atoms with Gasteiger partial charge in [0.1, 0.15) is 5.75 Å². The molecule has 3 aromatic rings. The summed E-state index contributed by atoms with van der Waals surface area (Å²) in [6, 6.07) is 10.6. The number of methoxy groups -OCH3 is 1.